The normalized spacial score (nSPS) is 14.5. The van der Waals surface area contributed by atoms with Gasteiger partial charge in [0.05, 0.1) is 24.1 Å². The Morgan fingerprint density at radius 3 is 2.25 bits per heavy atom. The van der Waals surface area contributed by atoms with Crippen LogP contribution in [0.1, 0.15) is 30.1 Å². The Balaban J connectivity index is 2.19. The number of rotatable bonds is 6. The highest BCUT2D eigenvalue weighted by molar-refractivity contribution is 7.92. The lowest BCUT2D eigenvalue weighted by Gasteiger charge is -2.25. The molecule has 2 rings (SSSR count). The maximum atomic E-state index is 12.3. The van der Waals surface area contributed by atoms with Crippen LogP contribution in [0.5, 0.6) is 0 Å². The topological polar surface area (TPSA) is 84.0 Å². The van der Waals surface area contributed by atoms with Crippen molar-refractivity contribution in [1.82, 2.24) is 4.90 Å². The van der Waals surface area contributed by atoms with Gasteiger partial charge < -0.3 is 9.64 Å². The first-order valence-corrected chi connectivity index (χ1v) is 9.70. The molecule has 1 fully saturated rings. The van der Waals surface area contributed by atoms with Crippen molar-refractivity contribution in [1.29, 1.82) is 0 Å². The summed E-state index contributed by atoms with van der Waals surface area (Å²) in [5.41, 5.74) is 0.679. The molecule has 1 amide bonds. The molecule has 0 saturated carbocycles. The number of carbonyl (C=O) groups excluding carboxylic acids is 2. The molecule has 1 aromatic rings. The second-order valence-electron chi connectivity index (χ2n) is 5.62. The molecule has 0 bridgehead atoms. The summed E-state index contributed by atoms with van der Waals surface area (Å²) in [6.07, 6.45) is 2.95. The summed E-state index contributed by atoms with van der Waals surface area (Å²) in [5.74, 6) is -0.685. The van der Waals surface area contributed by atoms with E-state index in [1.807, 2.05) is 0 Å². The fourth-order valence-corrected chi connectivity index (χ4v) is 3.42. The number of nitrogens with zero attached hydrogens (tertiary/aromatic N) is 2. The molecule has 0 aliphatic carbocycles. The molecule has 132 valence electrons. The first-order valence-electron chi connectivity index (χ1n) is 7.85. The van der Waals surface area contributed by atoms with E-state index in [9.17, 15) is 18.0 Å². The number of ether oxygens (including phenoxy) is 1. The van der Waals surface area contributed by atoms with Crippen molar-refractivity contribution in [3.63, 3.8) is 0 Å². The third-order valence-electron chi connectivity index (χ3n) is 3.80. The molecule has 0 N–H and O–H groups in total. The second kappa shape index (κ2) is 7.65. The molecule has 0 aromatic heterocycles. The second-order valence-corrected chi connectivity index (χ2v) is 7.53. The van der Waals surface area contributed by atoms with Gasteiger partial charge in [0, 0.05) is 13.1 Å². The highest BCUT2D eigenvalue weighted by Crippen LogP contribution is 2.20. The number of hydrogen-bond donors (Lipinski definition) is 0. The zero-order chi connectivity index (χ0) is 17.7. The summed E-state index contributed by atoms with van der Waals surface area (Å²) in [5, 5.41) is 0. The van der Waals surface area contributed by atoms with Gasteiger partial charge in [0.15, 0.2) is 0 Å². The highest BCUT2D eigenvalue weighted by atomic mass is 32.2. The zero-order valence-electron chi connectivity index (χ0n) is 13.9. The van der Waals surface area contributed by atoms with Crippen molar-refractivity contribution in [2.24, 2.45) is 0 Å². The lowest BCUT2D eigenvalue weighted by Crippen LogP contribution is -2.41. The molecule has 0 radical (unpaired) electrons. The fourth-order valence-electron chi connectivity index (χ4n) is 2.57. The standard InChI is InChI=1S/C16H22N2O5S/c1-3-23-16(20)13-6-8-14(9-7-13)18(24(2,21)22)12-15(19)17-10-4-5-11-17/h6-9H,3-5,10-12H2,1-2H3. The van der Waals surface area contributed by atoms with E-state index < -0.39 is 16.0 Å². The van der Waals surface area contributed by atoms with E-state index in [0.29, 0.717) is 24.3 Å². The van der Waals surface area contributed by atoms with Crippen molar-refractivity contribution < 1.29 is 22.7 Å². The van der Waals surface area contributed by atoms with E-state index in [4.69, 9.17) is 4.74 Å². The van der Waals surface area contributed by atoms with Crippen molar-refractivity contribution in [2.75, 3.05) is 36.8 Å². The van der Waals surface area contributed by atoms with Crippen LogP contribution in [0.4, 0.5) is 5.69 Å². The van der Waals surface area contributed by atoms with Crippen molar-refractivity contribution in [2.45, 2.75) is 19.8 Å². The van der Waals surface area contributed by atoms with Crippen LogP contribution in [0.15, 0.2) is 24.3 Å². The minimum atomic E-state index is -3.62. The quantitative estimate of drug-likeness (QED) is 0.718. The lowest BCUT2D eigenvalue weighted by molar-refractivity contribution is -0.128. The van der Waals surface area contributed by atoms with E-state index in [2.05, 4.69) is 0 Å². The predicted octanol–water partition coefficient (Wildman–Crippen LogP) is 1.25. The molecule has 0 spiro atoms. The number of hydrogen-bond acceptors (Lipinski definition) is 5. The van der Waals surface area contributed by atoms with E-state index >= 15 is 0 Å². The molecule has 1 aliphatic rings. The van der Waals surface area contributed by atoms with Gasteiger partial charge in [0.2, 0.25) is 15.9 Å². The van der Waals surface area contributed by atoms with Gasteiger partial charge in [-0.3, -0.25) is 9.10 Å². The van der Waals surface area contributed by atoms with E-state index in [1.54, 1.807) is 11.8 Å². The van der Waals surface area contributed by atoms with Crippen LogP contribution >= 0.6 is 0 Å². The summed E-state index contributed by atoms with van der Waals surface area (Å²) in [7, 11) is -3.62. The molecule has 24 heavy (non-hydrogen) atoms. The molecule has 0 atom stereocenters. The summed E-state index contributed by atoms with van der Waals surface area (Å²) in [4.78, 5) is 25.6. The first-order chi connectivity index (χ1) is 11.3. The molecular weight excluding hydrogens is 332 g/mol. The zero-order valence-corrected chi connectivity index (χ0v) is 14.7. The summed E-state index contributed by atoms with van der Waals surface area (Å²) in [6, 6.07) is 5.99. The van der Waals surface area contributed by atoms with Gasteiger partial charge in [-0.25, -0.2) is 13.2 Å². The Morgan fingerprint density at radius 1 is 1.17 bits per heavy atom. The number of esters is 1. The number of sulfonamides is 1. The van der Waals surface area contributed by atoms with E-state index in [0.717, 1.165) is 23.4 Å². The average molecular weight is 354 g/mol. The molecular formula is C16H22N2O5S. The summed E-state index contributed by atoms with van der Waals surface area (Å²) >= 11 is 0. The number of benzene rings is 1. The van der Waals surface area contributed by atoms with E-state index in [-0.39, 0.29) is 19.1 Å². The van der Waals surface area contributed by atoms with Gasteiger partial charge in [-0.2, -0.15) is 0 Å². The van der Waals surface area contributed by atoms with Gasteiger partial charge in [-0.1, -0.05) is 0 Å². The highest BCUT2D eigenvalue weighted by Gasteiger charge is 2.25. The lowest BCUT2D eigenvalue weighted by atomic mass is 10.2. The third kappa shape index (κ3) is 4.47. The number of amides is 1. The van der Waals surface area contributed by atoms with Crippen molar-refractivity contribution in [3.05, 3.63) is 29.8 Å². The number of anilines is 1. The average Bonchev–Trinajstić information content (AvgIpc) is 3.06. The summed E-state index contributed by atoms with van der Waals surface area (Å²) in [6.45, 7) is 3.07. The SMILES string of the molecule is CCOC(=O)c1ccc(N(CC(=O)N2CCCC2)S(C)(=O)=O)cc1. The van der Waals surface area contributed by atoms with Crippen LogP contribution in [-0.4, -0.2) is 57.7 Å². The maximum Gasteiger partial charge on any atom is 0.338 e. The van der Waals surface area contributed by atoms with Gasteiger partial charge >= 0.3 is 5.97 Å². The molecule has 0 unspecified atom stereocenters. The van der Waals surface area contributed by atoms with Crippen LogP contribution in [0.2, 0.25) is 0 Å². The monoisotopic (exact) mass is 354 g/mol. The Labute approximate surface area is 142 Å². The van der Waals surface area contributed by atoms with E-state index in [1.165, 1.54) is 24.3 Å². The van der Waals surface area contributed by atoms with Gasteiger partial charge in [-0.15, -0.1) is 0 Å². The number of carbonyl (C=O) groups is 2. The molecule has 1 heterocycles. The molecule has 8 heteroatoms. The molecule has 7 nitrogen and oxygen atoms in total. The van der Waals surface area contributed by atoms with Crippen LogP contribution in [0.25, 0.3) is 0 Å². The third-order valence-corrected chi connectivity index (χ3v) is 4.94. The Hall–Kier alpha value is -2.09. The van der Waals surface area contributed by atoms with Gasteiger partial charge in [0.1, 0.15) is 6.54 Å². The van der Waals surface area contributed by atoms with Crippen molar-refractivity contribution in [3.8, 4) is 0 Å². The fraction of sp³-hybridized carbons (Fsp3) is 0.500. The van der Waals surface area contributed by atoms with Crippen molar-refractivity contribution >= 4 is 27.6 Å². The van der Waals surface area contributed by atoms with Gasteiger partial charge in [-0.05, 0) is 44.0 Å². The van der Waals surface area contributed by atoms with Gasteiger partial charge in [0.25, 0.3) is 0 Å². The maximum absolute atomic E-state index is 12.3. The smallest absolute Gasteiger partial charge is 0.338 e. The molecule has 1 aromatic carbocycles. The minimum absolute atomic E-state index is 0.215. The van der Waals surface area contributed by atoms with Crippen LogP contribution in [0, 0.1) is 0 Å². The van der Waals surface area contributed by atoms with Crippen LogP contribution in [0.3, 0.4) is 0 Å². The first kappa shape index (κ1) is 18.3. The molecule has 1 aliphatic heterocycles. The predicted molar refractivity (Wildman–Crippen MR) is 90.4 cm³/mol. The summed E-state index contributed by atoms with van der Waals surface area (Å²) < 4.78 is 30.1. The Kier molecular flexibility index (Phi) is 5.82. The molecule has 1 saturated heterocycles. The number of likely N-dealkylation sites (tertiary alicyclic amines) is 1. The Bertz CT molecular complexity index is 694. The van der Waals surface area contributed by atoms with Crippen LogP contribution < -0.4 is 4.31 Å². The minimum Gasteiger partial charge on any atom is -0.462 e. The largest absolute Gasteiger partial charge is 0.462 e. The van der Waals surface area contributed by atoms with Crippen LogP contribution in [-0.2, 0) is 19.6 Å². The Morgan fingerprint density at radius 2 is 1.75 bits per heavy atom.